The van der Waals surface area contributed by atoms with E-state index in [9.17, 15) is 13.2 Å². The first-order chi connectivity index (χ1) is 14.2. The highest BCUT2D eigenvalue weighted by Crippen LogP contribution is 2.32. The summed E-state index contributed by atoms with van der Waals surface area (Å²) < 4.78 is 33.6. The molecule has 0 bridgehead atoms. The Bertz CT molecular complexity index is 1020. The lowest BCUT2D eigenvalue weighted by atomic mass is 9.99. The highest BCUT2D eigenvalue weighted by Gasteiger charge is 2.29. The van der Waals surface area contributed by atoms with Crippen molar-refractivity contribution in [2.45, 2.75) is 51.9 Å². The number of aryl methyl sites for hydroxylation is 3. The van der Waals surface area contributed by atoms with Crippen molar-refractivity contribution in [2.75, 3.05) is 25.0 Å². The molecule has 0 radical (unpaired) electrons. The second kappa shape index (κ2) is 9.18. The van der Waals surface area contributed by atoms with E-state index in [1.807, 2.05) is 39.8 Å². The van der Waals surface area contributed by atoms with Gasteiger partial charge in [0, 0.05) is 24.3 Å². The summed E-state index contributed by atoms with van der Waals surface area (Å²) in [5.74, 6) is 0.0549. The van der Waals surface area contributed by atoms with Gasteiger partial charge in [0.25, 0.3) is 5.91 Å². The summed E-state index contributed by atoms with van der Waals surface area (Å²) >= 11 is 0. The molecule has 1 fully saturated rings. The van der Waals surface area contributed by atoms with E-state index in [1.54, 1.807) is 12.1 Å². The number of amides is 1. The maximum atomic E-state index is 13.3. The molecule has 2 aromatic rings. The van der Waals surface area contributed by atoms with Gasteiger partial charge in [-0.15, -0.1) is 0 Å². The molecule has 1 aliphatic heterocycles. The summed E-state index contributed by atoms with van der Waals surface area (Å²) in [6, 6.07) is 8.73. The van der Waals surface area contributed by atoms with Gasteiger partial charge in [-0.3, -0.25) is 4.79 Å². The lowest BCUT2D eigenvalue weighted by Gasteiger charge is -2.27. The molecule has 162 valence electrons. The second-order valence-electron chi connectivity index (χ2n) is 7.79. The standard InChI is InChI=1S/C23H30N2O4S/c1-5-29-20-10-9-19(15-21(20)30(27,28)25-11-7-6-8-12-25)24-23(26)22-17(3)13-16(2)14-18(22)4/h9-10,13-15H,5-8,11-12H2,1-4H3,(H,24,26). The molecule has 7 heteroatoms. The number of nitrogens with zero attached hydrogens (tertiary/aromatic N) is 1. The molecule has 0 aliphatic carbocycles. The van der Waals surface area contributed by atoms with Crippen molar-refractivity contribution >= 4 is 21.6 Å². The molecule has 1 heterocycles. The summed E-state index contributed by atoms with van der Waals surface area (Å²) in [6.45, 7) is 8.98. The van der Waals surface area contributed by atoms with Gasteiger partial charge in [0.05, 0.1) is 6.61 Å². The van der Waals surface area contributed by atoms with Crippen LogP contribution in [0.2, 0.25) is 0 Å². The molecule has 2 aromatic carbocycles. The van der Waals surface area contributed by atoms with Gasteiger partial charge < -0.3 is 10.1 Å². The third-order valence-corrected chi connectivity index (χ3v) is 7.26. The van der Waals surface area contributed by atoms with Gasteiger partial charge >= 0.3 is 0 Å². The van der Waals surface area contributed by atoms with Crippen molar-refractivity contribution in [3.8, 4) is 5.75 Å². The Hall–Kier alpha value is -2.38. The highest BCUT2D eigenvalue weighted by molar-refractivity contribution is 7.89. The van der Waals surface area contributed by atoms with Crippen molar-refractivity contribution < 1.29 is 17.9 Å². The van der Waals surface area contributed by atoms with E-state index in [4.69, 9.17) is 4.74 Å². The monoisotopic (exact) mass is 430 g/mol. The van der Waals surface area contributed by atoms with Crippen molar-refractivity contribution in [2.24, 2.45) is 0 Å². The number of carbonyl (C=O) groups excluding carboxylic acids is 1. The molecule has 1 N–H and O–H groups in total. The zero-order chi connectivity index (χ0) is 21.9. The molecule has 0 aromatic heterocycles. The Morgan fingerprint density at radius 1 is 1.03 bits per heavy atom. The fourth-order valence-electron chi connectivity index (χ4n) is 4.04. The van der Waals surface area contributed by atoms with E-state index in [0.29, 0.717) is 36.7 Å². The van der Waals surface area contributed by atoms with E-state index in [-0.39, 0.29) is 10.8 Å². The van der Waals surface area contributed by atoms with Crippen LogP contribution in [0, 0.1) is 20.8 Å². The smallest absolute Gasteiger partial charge is 0.256 e. The van der Waals surface area contributed by atoms with Crippen LogP contribution in [0.25, 0.3) is 0 Å². The molecule has 1 amide bonds. The van der Waals surface area contributed by atoms with Gasteiger partial charge in [0.2, 0.25) is 10.0 Å². The molecule has 30 heavy (non-hydrogen) atoms. The average molecular weight is 431 g/mol. The number of ether oxygens (including phenoxy) is 1. The number of hydrogen-bond donors (Lipinski definition) is 1. The molecule has 1 aliphatic rings. The van der Waals surface area contributed by atoms with Crippen LogP contribution in [0.5, 0.6) is 5.75 Å². The number of benzene rings is 2. The first-order valence-electron chi connectivity index (χ1n) is 10.4. The zero-order valence-electron chi connectivity index (χ0n) is 18.1. The number of sulfonamides is 1. The third-order valence-electron chi connectivity index (χ3n) is 5.34. The number of carbonyl (C=O) groups is 1. The molecular formula is C23H30N2O4S. The molecule has 0 unspecified atom stereocenters. The molecule has 1 saturated heterocycles. The Balaban J connectivity index is 1.95. The summed E-state index contributed by atoms with van der Waals surface area (Å²) in [4.78, 5) is 13.0. The van der Waals surface area contributed by atoms with Crippen molar-refractivity contribution in [1.29, 1.82) is 0 Å². The van der Waals surface area contributed by atoms with Crippen LogP contribution in [0.1, 0.15) is 53.2 Å². The minimum atomic E-state index is -3.70. The Morgan fingerprint density at radius 2 is 1.67 bits per heavy atom. The second-order valence-corrected chi connectivity index (χ2v) is 9.69. The van der Waals surface area contributed by atoms with Gasteiger partial charge in [-0.2, -0.15) is 4.31 Å². The predicted molar refractivity (Wildman–Crippen MR) is 119 cm³/mol. The number of rotatable bonds is 6. The zero-order valence-corrected chi connectivity index (χ0v) is 18.9. The number of piperidine rings is 1. The molecule has 0 saturated carbocycles. The third kappa shape index (κ3) is 4.68. The summed E-state index contributed by atoms with van der Waals surface area (Å²) in [6.07, 6.45) is 2.74. The maximum absolute atomic E-state index is 13.3. The summed E-state index contributed by atoms with van der Waals surface area (Å²) in [5, 5.41) is 2.87. The minimum absolute atomic E-state index is 0.0985. The van der Waals surface area contributed by atoms with E-state index in [2.05, 4.69) is 5.32 Å². The van der Waals surface area contributed by atoms with Crippen LogP contribution in [0.15, 0.2) is 35.2 Å². The van der Waals surface area contributed by atoms with Gasteiger partial charge in [-0.05, 0) is 69.9 Å². The first kappa shape index (κ1) is 22.3. The Kier molecular flexibility index (Phi) is 6.83. The lowest BCUT2D eigenvalue weighted by Crippen LogP contribution is -2.35. The number of anilines is 1. The van der Waals surface area contributed by atoms with E-state index in [0.717, 1.165) is 36.0 Å². The quantitative estimate of drug-likeness (QED) is 0.735. The Labute approximate surface area is 179 Å². The van der Waals surface area contributed by atoms with Crippen LogP contribution in [-0.4, -0.2) is 38.3 Å². The van der Waals surface area contributed by atoms with Gasteiger partial charge in [0.1, 0.15) is 10.6 Å². The fourth-order valence-corrected chi connectivity index (χ4v) is 5.71. The Morgan fingerprint density at radius 3 is 2.27 bits per heavy atom. The first-order valence-corrected chi connectivity index (χ1v) is 11.8. The summed E-state index contributed by atoms with van der Waals surface area (Å²) in [5.41, 5.74) is 3.90. The fraction of sp³-hybridized carbons (Fsp3) is 0.435. The highest BCUT2D eigenvalue weighted by atomic mass is 32.2. The van der Waals surface area contributed by atoms with Crippen LogP contribution in [-0.2, 0) is 10.0 Å². The van der Waals surface area contributed by atoms with E-state index < -0.39 is 10.0 Å². The maximum Gasteiger partial charge on any atom is 0.256 e. The van der Waals surface area contributed by atoms with Crippen LogP contribution < -0.4 is 10.1 Å². The van der Waals surface area contributed by atoms with Crippen LogP contribution >= 0.6 is 0 Å². The minimum Gasteiger partial charge on any atom is -0.492 e. The van der Waals surface area contributed by atoms with Gasteiger partial charge in [-0.25, -0.2) is 8.42 Å². The van der Waals surface area contributed by atoms with Crippen LogP contribution in [0.4, 0.5) is 5.69 Å². The van der Waals surface area contributed by atoms with E-state index in [1.165, 1.54) is 10.4 Å². The number of nitrogens with one attached hydrogen (secondary N) is 1. The topological polar surface area (TPSA) is 75.7 Å². The van der Waals surface area contributed by atoms with Gasteiger partial charge in [0.15, 0.2) is 0 Å². The van der Waals surface area contributed by atoms with Gasteiger partial charge in [-0.1, -0.05) is 24.1 Å². The van der Waals surface area contributed by atoms with Crippen molar-refractivity contribution in [3.05, 3.63) is 52.6 Å². The molecule has 0 atom stereocenters. The predicted octanol–water partition coefficient (Wildman–Crippen LogP) is 4.44. The molecular weight excluding hydrogens is 400 g/mol. The molecule has 6 nitrogen and oxygen atoms in total. The summed E-state index contributed by atoms with van der Waals surface area (Å²) in [7, 11) is -3.70. The van der Waals surface area contributed by atoms with Crippen molar-refractivity contribution in [3.63, 3.8) is 0 Å². The lowest BCUT2D eigenvalue weighted by molar-refractivity contribution is 0.102. The molecule has 3 rings (SSSR count). The van der Waals surface area contributed by atoms with Crippen LogP contribution in [0.3, 0.4) is 0 Å². The normalized spacial score (nSPS) is 15.1. The number of hydrogen-bond acceptors (Lipinski definition) is 4. The molecule has 0 spiro atoms. The average Bonchev–Trinajstić information content (AvgIpc) is 2.69. The van der Waals surface area contributed by atoms with Crippen molar-refractivity contribution in [1.82, 2.24) is 4.31 Å². The SMILES string of the molecule is CCOc1ccc(NC(=O)c2c(C)cc(C)cc2C)cc1S(=O)(=O)N1CCCCC1. The van der Waals surface area contributed by atoms with E-state index >= 15 is 0 Å². The largest absolute Gasteiger partial charge is 0.492 e.